The maximum atomic E-state index is 12.3. The fourth-order valence-corrected chi connectivity index (χ4v) is 3.79. The Morgan fingerprint density at radius 2 is 2.16 bits per heavy atom. The van der Waals surface area contributed by atoms with E-state index in [1.54, 1.807) is 15.8 Å². The van der Waals surface area contributed by atoms with E-state index in [-0.39, 0.29) is 17.5 Å². The lowest BCUT2D eigenvalue weighted by molar-refractivity contribution is -0.385. The third-order valence-electron chi connectivity index (χ3n) is 5.52. The van der Waals surface area contributed by atoms with Crippen molar-refractivity contribution in [2.24, 2.45) is 11.8 Å². The third-order valence-corrected chi connectivity index (χ3v) is 5.52. The lowest BCUT2D eigenvalue weighted by Crippen LogP contribution is -2.30. The Labute approximate surface area is 142 Å². The maximum absolute atomic E-state index is 12.3. The Morgan fingerprint density at radius 3 is 2.72 bits per heavy atom. The Balaban J connectivity index is 1.47. The number of nitro groups is 1. The van der Waals surface area contributed by atoms with Crippen molar-refractivity contribution in [2.45, 2.75) is 31.7 Å². The molecule has 2 aliphatic carbocycles. The number of rotatable bonds is 4. The number of carbonyl (C=O) groups is 1. The monoisotopic (exact) mass is 340 g/mol. The summed E-state index contributed by atoms with van der Waals surface area (Å²) in [5, 5.41) is 15.0. The van der Waals surface area contributed by atoms with Crippen LogP contribution in [-0.2, 0) is 10.3 Å². The second-order valence-electron chi connectivity index (χ2n) is 7.15. The molecule has 2 aromatic heterocycles. The van der Waals surface area contributed by atoms with Crippen molar-refractivity contribution < 1.29 is 9.72 Å². The van der Waals surface area contributed by atoms with Gasteiger partial charge < -0.3 is 0 Å². The highest BCUT2D eigenvalue weighted by Crippen LogP contribution is 2.50. The van der Waals surface area contributed by atoms with Crippen LogP contribution in [0.2, 0.25) is 0 Å². The molecule has 3 heterocycles. The summed E-state index contributed by atoms with van der Waals surface area (Å²) >= 11 is 0. The molecule has 3 fully saturated rings. The normalized spacial score (nSPS) is 25.8. The molecule has 0 radical (unpaired) electrons. The van der Waals surface area contributed by atoms with Crippen LogP contribution in [0.3, 0.4) is 0 Å². The maximum Gasteiger partial charge on any atom is 0.307 e. The predicted octanol–water partition coefficient (Wildman–Crippen LogP) is 1.41. The molecule has 0 unspecified atom stereocenters. The molecule has 5 rings (SSSR count). The van der Waals surface area contributed by atoms with Gasteiger partial charge in [0.05, 0.1) is 22.5 Å². The average Bonchev–Trinajstić information content (AvgIpc) is 3.47. The van der Waals surface area contributed by atoms with E-state index in [2.05, 4.69) is 15.1 Å². The second kappa shape index (κ2) is 4.62. The van der Waals surface area contributed by atoms with Crippen molar-refractivity contribution >= 4 is 17.4 Å². The highest BCUT2D eigenvalue weighted by Gasteiger charge is 2.54. The predicted molar refractivity (Wildman–Crippen MR) is 85.9 cm³/mol. The Bertz CT molecular complexity index is 918. The van der Waals surface area contributed by atoms with Crippen molar-refractivity contribution in [3.63, 3.8) is 0 Å². The van der Waals surface area contributed by atoms with Crippen molar-refractivity contribution in [3.05, 3.63) is 40.1 Å². The molecule has 2 aromatic rings. The van der Waals surface area contributed by atoms with Gasteiger partial charge in [0, 0.05) is 12.5 Å². The molecule has 25 heavy (non-hydrogen) atoms. The summed E-state index contributed by atoms with van der Waals surface area (Å²) in [6, 6.07) is 0. The summed E-state index contributed by atoms with van der Waals surface area (Å²) in [4.78, 5) is 33.6. The van der Waals surface area contributed by atoms with Crippen LogP contribution >= 0.6 is 0 Å². The van der Waals surface area contributed by atoms with Crippen LogP contribution in [0.5, 0.6) is 0 Å². The van der Waals surface area contributed by atoms with Gasteiger partial charge in [-0.25, -0.2) is 4.98 Å². The number of piperidine rings is 1. The van der Waals surface area contributed by atoms with E-state index >= 15 is 0 Å². The molecule has 9 nitrogen and oxygen atoms in total. The number of fused-ring (bicyclic) bond motifs is 1. The van der Waals surface area contributed by atoms with Gasteiger partial charge in [0.1, 0.15) is 17.9 Å². The van der Waals surface area contributed by atoms with E-state index in [4.69, 9.17) is 0 Å². The summed E-state index contributed by atoms with van der Waals surface area (Å²) in [5.41, 5.74) is 0.958. The van der Waals surface area contributed by atoms with Crippen LogP contribution in [0.1, 0.15) is 30.7 Å². The quantitative estimate of drug-likeness (QED) is 0.615. The molecule has 2 atom stereocenters. The number of anilines is 1. The van der Waals surface area contributed by atoms with Gasteiger partial charge in [0.2, 0.25) is 5.91 Å². The van der Waals surface area contributed by atoms with Gasteiger partial charge in [-0.3, -0.25) is 29.5 Å². The first kappa shape index (κ1) is 14.5. The summed E-state index contributed by atoms with van der Waals surface area (Å²) < 4.78 is 1.62. The van der Waals surface area contributed by atoms with Gasteiger partial charge >= 0.3 is 5.69 Å². The van der Waals surface area contributed by atoms with Crippen LogP contribution in [0.25, 0.3) is 0 Å². The fourth-order valence-electron chi connectivity index (χ4n) is 3.79. The van der Waals surface area contributed by atoms with Crippen molar-refractivity contribution in [1.29, 1.82) is 0 Å². The zero-order chi connectivity index (χ0) is 17.3. The van der Waals surface area contributed by atoms with Crippen molar-refractivity contribution in [2.75, 3.05) is 11.4 Å². The molecule has 128 valence electrons. The lowest BCUT2D eigenvalue weighted by atomic mass is 10.2. The molecule has 9 heteroatoms. The molecule has 1 amide bonds. The topological polar surface area (TPSA) is 107 Å². The van der Waals surface area contributed by atoms with Gasteiger partial charge in [-0.1, -0.05) is 0 Å². The highest BCUT2D eigenvalue weighted by molar-refractivity contribution is 5.99. The lowest BCUT2D eigenvalue weighted by Gasteiger charge is -2.21. The standard InChI is InChI=1S/C16H16N6O3/c1-9-14(20-7-10-4-12(10)15(20)23)17-6-13(19-9)16(2-3-16)21-8-11(5-18-21)22(24)25/h5-6,8,10,12H,2-4,7H2,1H3/t10-,12-/m1/s1. The highest BCUT2D eigenvalue weighted by atomic mass is 16.6. The Morgan fingerprint density at radius 1 is 1.36 bits per heavy atom. The van der Waals surface area contributed by atoms with Gasteiger partial charge in [-0.05, 0) is 32.1 Å². The first-order chi connectivity index (χ1) is 12.0. The van der Waals surface area contributed by atoms with E-state index in [9.17, 15) is 14.9 Å². The van der Waals surface area contributed by atoms with Gasteiger partial charge in [-0.15, -0.1) is 0 Å². The number of aryl methyl sites for hydroxylation is 1. The second-order valence-corrected chi connectivity index (χ2v) is 7.15. The number of amides is 1. The van der Waals surface area contributed by atoms with Crippen LogP contribution in [0, 0.1) is 28.9 Å². The largest absolute Gasteiger partial charge is 0.307 e. The van der Waals surface area contributed by atoms with Gasteiger partial charge in [-0.2, -0.15) is 5.10 Å². The third kappa shape index (κ3) is 2.01. The number of carbonyl (C=O) groups excluding carboxylic acids is 1. The average molecular weight is 340 g/mol. The van der Waals surface area contributed by atoms with Gasteiger partial charge in [0.15, 0.2) is 5.82 Å². The number of aromatic nitrogens is 4. The Kier molecular flexibility index (Phi) is 2.68. The summed E-state index contributed by atoms with van der Waals surface area (Å²) in [5.74, 6) is 1.44. The number of hydrogen-bond donors (Lipinski definition) is 0. The molecule has 0 aromatic carbocycles. The van der Waals surface area contributed by atoms with E-state index < -0.39 is 10.5 Å². The molecule has 1 saturated heterocycles. The summed E-state index contributed by atoms with van der Waals surface area (Å²) in [7, 11) is 0. The molecular formula is C16H16N6O3. The van der Waals surface area contributed by atoms with E-state index in [0.717, 1.165) is 31.5 Å². The zero-order valence-corrected chi connectivity index (χ0v) is 13.6. The first-order valence-electron chi connectivity index (χ1n) is 8.35. The minimum atomic E-state index is -0.457. The molecular weight excluding hydrogens is 324 g/mol. The smallest absolute Gasteiger partial charge is 0.295 e. The van der Waals surface area contributed by atoms with E-state index in [1.165, 1.54) is 12.4 Å². The first-order valence-corrected chi connectivity index (χ1v) is 8.35. The molecule has 1 aliphatic heterocycles. The molecule has 0 bridgehead atoms. The van der Waals surface area contributed by atoms with Crippen LogP contribution in [0.15, 0.2) is 18.6 Å². The molecule has 0 N–H and O–H groups in total. The number of hydrogen-bond acceptors (Lipinski definition) is 6. The SMILES string of the molecule is Cc1nc(C2(n3cc([N+](=O)[O-])cn3)CC2)cnc1N1C[C@H]2C[C@H]2C1=O. The fraction of sp³-hybridized carbons (Fsp3) is 0.500. The van der Waals surface area contributed by atoms with E-state index in [1.807, 2.05) is 6.92 Å². The van der Waals surface area contributed by atoms with Crippen LogP contribution in [-0.4, -0.2) is 37.1 Å². The minimum Gasteiger partial charge on any atom is -0.295 e. The van der Waals surface area contributed by atoms with Gasteiger partial charge in [0.25, 0.3) is 0 Å². The molecule has 2 saturated carbocycles. The molecule has 3 aliphatic rings. The number of nitrogens with zero attached hydrogens (tertiary/aromatic N) is 6. The zero-order valence-electron chi connectivity index (χ0n) is 13.6. The summed E-state index contributed by atoms with van der Waals surface area (Å²) in [6.45, 7) is 2.58. The van der Waals surface area contributed by atoms with E-state index in [0.29, 0.717) is 17.4 Å². The van der Waals surface area contributed by atoms with Crippen LogP contribution in [0.4, 0.5) is 11.5 Å². The van der Waals surface area contributed by atoms with Crippen molar-refractivity contribution in [3.8, 4) is 0 Å². The van der Waals surface area contributed by atoms with Crippen LogP contribution < -0.4 is 4.90 Å². The minimum absolute atomic E-state index is 0.0329. The summed E-state index contributed by atoms with van der Waals surface area (Å²) in [6.07, 6.45) is 7.00. The molecule has 0 spiro atoms. The van der Waals surface area contributed by atoms with Crippen molar-refractivity contribution in [1.82, 2.24) is 19.7 Å². The Hall–Kier alpha value is -2.84.